The summed E-state index contributed by atoms with van der Waals surface area (Å²) in [6, 6.07) is 0. The zero-order valence-electron chi connectivity index (χ0n) is 12.1. The van der Waals surface area contributed by atoms with Gasteiger partial charge in [-0.2, -0.15) is 0 Å². The molecule has 5 nitrogen and oxygen atoms in total. The third-order valence-electron chi connectivity index (χ3n) is 3.75. The van der Waals surface area contributed by atoms with Crippen molar-refractivity contribution in [2.75, 3.05) is 40.3 Å². The molecular formula is C13H25N3O2S. The average molecular weight is 287 g/mol. The summed E-state index contributed by atoms with van der Waals surface area (Å²) < 4.78 is 5.45. The molecule has 1 rings (SSSR count). The molecule has 1 saturated heterocycles. The van der Waals surface area contributed by atoms with Crippen LogP contribution in [0.1, 0.15) is 19.8 Å². The largest absolute Gasteiger partial charge is 0.393 e. The molecule has 2 atom stereocenters. The number of methoxy groups -OCH3 is 1. The van der Waals surface area contributed by atoms with Crippen molar-refractivity contribution in [1.29, 1.82) is 0 Å². The maximum absolute atomic E-state index is 12.1. The lowest BCUT2D eigenvalue weighted by Gasteiger charge is -2.36. The van der Waals surface area contributed by atoms with Crippen molar-refractivity contribution in [2.24, 2.45) is 11.7 Å². The molecule has 2 N–H and O–H groups in total. The molecule has 0 saturated carbocycles. The fourth-order valence-corrected chi connectivity index (χ4v) is 2.35. The Labute approximate surface area is 121 Å². The van der Waals surface area contributed by atoms with E-state index < -0.39 is 0 Å². The molecule has 1 heterocycles. The molecule has 19 heavy (non-hydrogen) atoms. The third-order valence-corrected chi connectivity index (χ3v) is 3.96. The Balaban J connectivity index is 2.37. The highest BCUT2D eigenvalue weighted by atomic mass is 32.1. The Morgan fingerprint density at radius 3 is 2.84 bits per heavy atom. The maximum atomic E-state index is 12.1. The molecular weight excluding hydrogens is 262 g/mol. The van der Waals surface area contributed by atoms with Gasteiger partial charge in [-0.05, 0) is 18.9 Å². The van der Waals surface area contributed by atoms with Gasteiger partial charge in [0.2, 0.25) is 5.91 Å². The molecule has 0 aromatic carbocycles. The van der Waals surface area contributed by atoms with E-state index in [1.165, 1.54) is 0 Å². The second-order valence-electron chi connectivity index (χ2n) is 5.31. The fraction of sp³-hybridized carbons (Fsp3) is 0.846. The highest BCUT2D eigenvalue weighted by Gasteiger charge is 2.27. The van der Waals surface area contributed by atoms with Crippen LogP contribution in [0.4, 0.5) is 0 Å². The number of nitrogens with two attached hydrogens (primary N) is 1. The number of hydrogen-bond donors (Lipinski definition) is 1. The second kappa shape index (κ2) is 7.77. The van der Waals surface area contributed by atoms with E-state index in [1.54, 1.807) is 19.1 Å². The van der Waals surface area contributed by atoms with Gasteiger partial charge in [-0.1, -0.05) is 19.1 Å². The predicted octanol–water partition coefficient (Wildman–Crippen LogP) is 0.478. The first-order valence-electron chi connectivity index (χ1n) is 6.71. The van der Waals surface area contributed by atoms with Crippen molar-refractivity contribution in [3.05, 3.63) is 0 Å². The number of likely N-dealkylation sites (tertiary alicyclic amines) is 1. The molecule has 0 radical (unpaired) electrons. The van der Waals surface area contributed by atoms with Crippen LogP contribution in [-0.4, -0.2) is 67.1 Å². The summed E-state index contributed by atoms with van der Waals surface area (Å²) >= 11 is 4.82. The molecule has 1 aliphatic heterocycles. The second-order valence-corrected chi connectivity index (χ2v) is 5.83. The summed E-state index contributed by atoms with van der Waals surface area (Å²) in [7, 11) is 3.53. The zero-order chi connectivity index (χ0) is 14.4. The minimum Gasteiger partial charge on any atom is -0.393 e. The average Bonchev–Trinajstić information content (AvgIpc) is 2.37. The molecule has 2 unspecified atom stereocenters. The lowest BCUT2D eigenvalue weighted by atomic mass is 9.96. The first-order chi connectivity index (χ1) is 8.93. The number of likely N-dealkylation sites (N-methyl/N-ethyl adjacent to an activating group) is 1. The monoisotopic (exact) mass is 287 g/mol. The Morgan fingerprint density at radius 1 is 1.58 bits per heavy atom. The van der Waals surface area contributed by atoms with Crippen molar-refractivity contribution in [3.63, 3.8) is 0 Å². The van der Waals surface area contributed by atoms with Gasteiger partial charge in [-0.15, -0.1) is 0 Å². The van der Waals surface area contributed by atoms with Crippen LogP contribution in [0.25, 0.3) is 0 Å². The Bertz CT molecular complexity index is 325. The Morgan fingerprint density at radius 2 is 2.26 bits per heavy atom. The molecule has 0 bridgehead atoms. The van der Waals surface area contributed by atoms with Gasteiger partial charge in [0, 0.05) is 33.7 Å². The van der Waals surface area contributed by atoms with E-state index in [1.807, 2.05) is 0 Å². The SMILES string of the molecule is COC1CN(CC(=O)N(C)CCC(N)=S)CCC1C. The van der Waals surface area contributed by atoms with Gasteiger partial charge in [0.1, 0.15) is 0 Å². The van der Waals surface area contributed by atoms with Gasteiger partial charge >= 0.3 is 0 Å². The first-order valence-corrected chi connectivity index (χ1v) is 7.12. The molecule has 6 heteroatoms. The van der Waals surface area contributed by atoms with Gasteiger partial charge in [-0.3, -0.25) is 9.69 Å². The van der Waals surface area contributed by atoms with Crippen molar-refractivity contribution in [3.8, 4) is 0 Å². The minimum atomic E-state index is 0.112. The summed E-state index contributed by atoms with van der Waals surface area (Å²) in [4.78, 5) is 16.4. The standard InChI is InChI=1S/C13H25N3O2S/c1-10-4-7-16(8-11(10)18-3)9-13(17)15(2)6-5-12(14)19/h10-11H,4-9H2,1-3H3,(H2,14,19). The fourth-order valence-electron chi connectivity index (χ4n) is 2.26. The number of carbonyl (C=O) groups excluding carboxylic acids is 1. The number of hydrogen-bond acceptors (Lipinski definition) is 4. The highest BCUT2D eigenvalue weighted by molar-refractivity contribution is 7.80. The number of carbonyl (C=O) groups is 1. The van der Waals surface area contributed by atoms with E-state index in [0.717, 1.165) is 19.5 Å². The Hall–Kier alpha value is -0.720. The van der Waals surface area contributed by atoms with Gasteiger partial charge in [0.25, 0.3) is 0 Å². The van der Waals surface area contributed by atoms with Crippen LogP contribution in [0, 0.1) is 5.92 Å². The topological polar surface area (TPSA) is 58.8 Å². The smallest absolute Gasteiger partial charge is 0.236 e. The van der Waals surface area contributed by atoms with Crippen molar-refractivity contribution < 1.29 is 9.53 Å². The molecule has 1 aliphatic rings. The van der Waals surface area contributed by atoms with Crippen LogP contribution in [0.15, 0.2) is 0 Å². The lowest BCUT2D eigenvalue weighted by molar-refractivity contribution is -0.132. The molecule has 0 aliphatic carbocycles. The third kappa shape index (κ3) is 5.42. The van der Waals surface area contributed by atoms with Crippen molar-refractivity contribution in [2.45, 2.75) is 25.9 Å². The summed E-state index contributed by atoms with van der Waals surface area (Å²) in [5.41, 5.74) is 5.44. The lowest BCUT2D eigenvalue weighted by Crippen LogP contribution is -2.48. The summed E-state index contributed by atoms with van der Waals surface area (Å²) in [5, 5.41) is 0. The number of thiocarbonyl (C=S) groups is 1. The molecule has 0 spiro atoms. The quantitative estimate of drug-likeness (QED) is 0.720. The summed E-state index contributed by atoms with van der Waals surface area (Å²) in [5.74, 6) is 0.671. The van der Waals surface area contributed by atoms with Crippen LogP contribution < -0.4 is 5.73 Å². The number of piperidine rings is 1. The molecule has 1 amide bonds. The predicted molar refractivity (Wildman–Crippen MR) is 80.1 cm³/mol. The Kier molecular flexibility index (Phi) is 6.68. The van der Waals surface area contributed by atoms with Crippen LogP contribution >= 0.6 is 12.2 Å². The summed E-state index contributed by atoms with van der Waals surface area (Å²) in [6.07, 6.45) is 1.88. The molecule has 0 aromatic heterocycles. The van der Waals surface area contributed by atoms with E-state index in [2.05, 4.69) is 11.8 Å². The number of nitrogens with zero attached hydrogens (tertiary/aromatic N) is 2. The molecule has 1 fully saturated rings. The van der Waals surface area contributed by atoms with Gasteiger partial charge < -0.3 is 15.4 Å². The van der Waals surface area contributed by atoms with E-state index in [-0.39, 0.29) is 12.0 Å². The first kappa shape index (κ1) is 16.3. The van der Waals surface area contributed by atoms with E-state index >= 15 is 0 Å². The highest BCUT2D eigenvalue weighted by Crippen LogP contribution is 2.19. The van der Waals surface area contributed by atoms with Gasteiger partial charge in [0.05, 0.1) is 17.6 Å². The minimum absolute atomic E-state index is 0.112. The number of amides is 1. The van der Waals surface area contributed by atoms with E-state index in [9.17, 15) is 4.79 Å². The summed E-state index contributed by atoms with van der Waals surface area (Å²) in [6.45, 7) is 5.01. The maximum Gasteiger partial charge on any atom is 0.236 e. The number of ether oxygens (including phenoxy) is 1. The van der Waals surface area contributed by atoms with Crippen molar-refractivity contribution >= 4 is 23.1 Å². The van der Waals surface area contributed by atoms with E-state index in [0.29, 0.717) is 30.4 Å². The molecule has 0 aromatic rings. The van der Waals surface area contributed by atoms with Gasteiger partial charge in [0.15, 0.2) is 0 Å². The zero-order valence-corrected chi connectivity index (χ0v) is 12.9. The molecule has 110 valence electrons. The van der Waals surface area contributed by atoms with Crippen LogP contribution in [-0.2, 0) is 9.53 Å². The van der Waals surface area contributed by atoms with Crippen LogP contribution in [0.2, 0.25) is 0 Å². The van der Waals surface area contributed by atoms with Crippen LogP contribution in [0.3, 0.4) is 0 Å². The van der Waals surface area contributed by atoms with Crippen molar-refractivity contribution in [1.82, 2.24) is 9.80 Å². The van der Waals surface area contributed by atoms with Gasteiger partial charge in [-0.25, -0.2) is 0 Å². The normalized spacial score (nSPS) is 24.2. The number of rotatable bonds is 6. The van der Waals surface area contributed by atoms with E-state index in [4.69, 9.17) is 22.7 Å². The van der Waals surface area contributed by atoms with Crippen LogP contribution in [0.5, 0.6) is 0 Å².